The number of H-pyrrole nitrogens is 1. The van der Waals surface area contributed by atoms with Crippen molar-refractivity contribution in [3.05, 3.63) is 53.5 Å². The van der Waals surface area contributed by atoms with Crippen molar-refractivity contribution < 1.29 is 27.4 Å². The summed E-state index contributed by atoms with van der Waals surface area (Å²) in [6.07, 6.45) is 0.498. The van der Waals surface area contributed by atoms with Crippen LogP contribution in [0.15, 0.2) is 36.5 Å². The molecule has 3 aromatic rings. The van der Waals surface area contributed by atoms with Crippen molar-refractivity contribution in [2.24, 2.45) is 0 Å². The predicted octanol–water partition coefficient (Wildman–Crippen LogP) is 4.73. The highest BCUT2D eigenvalue weighted by molar-refractivity contribution is 5.94. The number of rotatable bonds is 4. The highest BCUT2D eigenvalue weighted by Crippen LogP contribution is 2.34. The molecule has 0 aliphatic carbocycles. The topological polar surface area (TPSA) is 80.3 Å². The van der Waals surface area contributed by atoms with E-state index in [0.29, 0.717) is 18.7 Å². The van der Waals surface area contributed by atoms with E-state index in [1.54, 1.807) is 11.1 Å². The van der Waals surface area contributed by atoms with Crippen molar-refractivity contribution in [2.45, 2.75) is 44.1 Å². The summed E-state index contributed by atoms with van der Waals surface area (Å²) in [7, 11) is 0. The molecule has 0 saturated carbocycles. The van der Waals surface area contributed by atoms with Gasteiger partial charge < -0.3 is 19.4 Å². The Bertz CT molecular complexity index is 1130. The number of imidazole rings is 1. The Balaban J connectivity index is 1.25. The maximum absolute atomic E-state index is 12.8. The molecule has 10 heteroatoms. The van der Waals surface area contributed by atoms with Crippen LogP contribution in [0.2, 0.25) is 0 Å². The molecule has 174 valence electrons. The summed E-state index contributed by atoms with van der Waals surface area (Å²) in [6, 6.07) is 7.02. The fraction of sp³-hybridized carbons (Fsp3) is 0.435. The number of nitrogens with zero attached hydrogens (tertiary/aromatic N) is 3. The predicted molar refractivity (Wildman–Crippen MR) is 113 cm³/mol. The van der Waals surface area contributed by atoms with Gasteiger partial charge in [-0.25, -0.2) is 9.97 Å². The van der Waals surface area contributed by atoms with Crippen LogP contribution >= 0.6 is 0 Å². The van der Waals surface area contributed by atoms with Gasteiger partial charge in [0.1, 0.15) is 23.2 Å². The lowest BCUT2D eigenvalue weighted by atomic mass is 9.89. The van der Waals surface area contributed by atoms with Gasteiger partial charge in [-0.1, -0.05) is 0 Å². The van der Waals surface area contributed by atoms with Crippen LogP contribution < -0.4 is 4.74 Å². The van der Waals surface area contributed by atoms with Crippen LogP contribution in [0.5, 0.6) is 5.75 Å². The zero-order valence-corrected chi connectivity index (χ0v) is 17.8. The van der Waals surface area contributed by atoms with Crippen LogP contribution in [0, 0.1) is 0 Å². The van der Waals surface area contributed by atoms with Gasteiger partial charge >= 0.3 is 6.36 Å². The summed E-state index contributed by atoms with van der Waals surface area (Å²) in [5.41, 5.74) is 3.05. The Morgan fingerprint density at radius 2 is 1.88 bits per heavy atom. The Hall–Kier alpha value is -3.14. The number of ether oxygens (including phenoxy) is 2. The Labute approximate surface area is 187 Å². The van der Waals surface area contributed by atoms with E-state index < -0.39 is 6.36 Å². The van der Waals surface area contributed by atoms with E-state index in [4.69, 9.17) is 9.72 Å². The number of hydrogen-bond donors (Lipinski definition) is 1. The number of pyridine rings is 1. The van der Waals surface area contributed by atoms with Crippen LogP contribution in [0.25, 0.3) is 11.2 Å². The van der Waals surface area contributed by atoms with E-state index >= 15 is 0 Å². The summed E-state index contributed by atoms with van der Waals surface area (Å²) in [6.45, 7) is 1.85. The first-order valence-electron chi connectivity index (χ1n) is 11.0. The van der Waals surface area contributed by atoms with Crippen molar-refractivity contribution in [2.75, 3.05) is 19.7 Å². The summed E-state index contributed by atoms with van der Waals surface area (Å²) in [5, 5.41) is 0. The van der Waals surface area contributed by atoms with E-state index in [1.807, 2.05) is 6.07 Å². The van der Waals surface area contributed by atoms with Crippen molar-refractivity contribution in [3.63, 3.8) is 0 Å². The van der Waals surface area contributed by atoms with Crippen LogP contribution in [0.4, 0.5) is 13.2 Å². The van der Waals surface area contributed by atoms with E-state index in [9.17, 15) is 18.0 Å². The number of piperidine rings is 1. The molecule has 5 rings (SSSR count). The molecule has 1 unspecified atom stereocenters. The molecule has 0 radical (unpaired) electrons. The van der Waals surface area contributed by atoms with Gasteiger partial charge in [0.15, 0.2) is 5.65 Å². The van der Waals surface area contributed by atoms with Crippen molar-refractivity contribution in [1.82, 2.24) is 19.9 Å². The number of aromatic amines is 1. The third-order valence-electron chi connectivity index (χ3n) is 6.23. The van der Waals surface area contributed by atoms with Crippen LogP contribution in [0.3, 0.4) is 0 Å². The summed E-state index contributed by atoms with van der Waals surface area (Å²) in [4.78, 5) is 27.1. The zero-order valence-electron chi connectivity index (χ0n) is 17.8. The van der Waals surface area contributed by atoms with Crippen LogP contribution in [0.1, 0.15) is 59.5 Å². The van der Waals surface area contributed by atoms with Crippen molar-refractivity contribution >= 4 is 17.1 Å². The molecular formula is C23H23F3N4O3. The molecule has 2 aromatic heterocycles. The highest BCUT2D eigenvalue weighted by atomic mass is 19.4. The smallest absolute Gasteiger partial charge is 0.406 e. The molecule has 0 spiro atoms. The maximum Gasteiger partial charge on any atom is 0.573 e. The number of fused-ring (bicyclic) bond motifs is 1. The van der Waals surface area contributed by atoms with Crippen molar-refractivity contribution in [3.8, 4) is 5.75 Å². The van der Waals surface area contributed by atoms with Gasteiger partial charge in [-0.3, -0.25) is 4.79 Å². The van der Waals surface area contributed by atoms with E-state index in [1.165, 1.54) is 12.1 Å². The van der Waals surface area contributed by atoms with E-state index in [-0.39, 0.29) is 23.7 Å². The Morgan fingerprint density at radius 1 is 1.12 bits per heavy atom. The fourth-order valence-corrected chi connectivity index (χ4v) is 4.60. The normalized spacial score (nSPS) is 19.8. The average molecular weight is 460 g/mol. The summed E-state index contributed by atoms with van der Waals surface area (Å²) >= 11 is 0. The maximum atomic E-state index is 12.8. The number of carbonyl (C=O) groups is 1. The molecular weight excluding hydrogens is 437 g/mol. The minimum absolute atomic E-state index is 0.0144. The Kier molecular flexibility index (Phi) is 5.69. The molecule has 1 aromatic carbocycles. The lowest BCUT2D eigenvalue weighted by molar-refractivity contribution is -0.274. The van der Waals surface area contributed by atoms with Crippen LogP contribution in [-0.4, -0.2) is 51.8 Å². The minimum Gasteiger partial charge on any atom is -0.406 e. The van der Waals surface area contributed by atoms with Gasteiger partial charge in [0, 0.05) is 31.5 Å². The monoisotopic (exact) mass is 460 g/mol. The summed E-state index contributed by atoms with van der Waals surface area (Å²) in [5.74, 6) is 0.504. The molecule has 1 atom stereocenters. The van der Waals surface area contributed by atoms with Crippen LogP contribution in [-0.2, 0) is 4.74 Å². The molecule has 2 fully saturated rings. The zero-order chi connectivity index (χ0) is 23.0. The van der Waals surface area contributed by atoms with E-state index in [0.717, 1.165) is 67.0 Å². The van der Waals surface area contributed by atoms with Gasteiger partial charge in [-0.05, 0) is 67.5 Å². The second kappa shape index (κ2) is 8.66. The number of likely N-dealkylation sites (tertiary alicyclic amines) is 1. The first-order valence-corrected chi connectivity index (χ1v) is 11.0. The quantitative estimate of drug-likeness (QED) is 0.609. The van der Waals surface area contributed by atoms with Gasteiger partial charge in [0.2, 0.25) is 0 Å². The first-order chi connectivity index (χ1) is 15.9. The third-order valence-corrected chi connectivity index (χ3v) is 6.23. The number of nitrogens with one attached hydrogen (secondary N) is 1. The molecule has 2 aliphatic rings. The number of alkyl halides is 3. The number of aromatic nitrogens is 3. The summed E-state index contributed by atoms with van der Waals surface area (Å²) < 4.78 is 46.6. The van der Waals surface area contributed by atoms with Crippen molar-refractivity contribution in [1.29, 1.82) is 0 Å². The molecule has 2 aliphatic heterocycles. The second-order valence-corrected chi connectivity index (χ2v) is 8.36. The highest BCUT2D eigenvalue weighted by Gasteiger charge is 2.31. The SMILES string of the molecule is O=C(c1ccc(OC(F)(F)F)cc1)N1CCC(c2ccnc3[nH]c(C4CCCO4)nc23)CC1. The molecule has 0 bridgehead atoms. The van der Waals surface area contributed by atoms with Gasteiger partial charge in [0.05, 0.1) is 0 Å². The Morgan fingerprint density at radius 3 is 2.55 bits per heavy atom. The lowest BCUT2D eigenvalue weighted by Crippen LogP contribution is -2.38. The molecule has 7 nitrogen and oxygen atoms in total. The van der Waals surface area contributed by atoms with Gasteiger partial charge in [-0.15, -0.1) is 13.2 Å². The fourth-order valence-electron chi connectivity index (χ4n) is 4.60. The minimum atomic E-state index is -4.76. The molecule has 33 heavy (non-hydrogen) atoms. The number of halogens is 3. The van der Waals surface area contributed by atoms with Gasteiger partial charge in [0.25, 0.3) is 5.91 Å². The number of carbonyl (C=O) groups excluding carboxylic acids is 1. The first kappa shape index (κ1) is 21.7. The standard InChI is InChI=1S/C23H23F3N4O3/c24-23(25,26)33-16-5-3-15(4-6-16)22(31)30-11-8-14(9-12-30)17-7-10-27-21-19(17)28-20(29-21)18-2-1-13-32-18/h3-7,10,14,18H,1-2,8-9,11-13H2,(H,27,28,29). The second-order valence-electron chi connectivity index (χ2n) is 8.36. The molecule has 1 N–H and O–H groups in total. The number of benzene rings is 1. The molecule has 1 amide bonds. The third kappa shape index (κ3) is 4.66. The molecule has 2 saturated heterocycles. The van der Waals surface area contributed by atoms with E-state index in [2.05, 4.69) is 14.7 Å². The number of amides is 1. The molecule has 4 heterocycles. The number of hydrogen-bond acceptors (Lipinski definition) is 5. The lowest BCUT2D eigenvalue weighted by Gasteiger charge is -2.32. The largest absolute Gasteiger partial charge is 0.573 e. The average Bonchev–Trinajstić information content (AvgIpc) is 3.48. The van der Waals surface area contributed by atoms with Gasteiger partial charge in [-0.2, -0.15) is 0 Å².